The van der Waals surface area contributed by atoms with E-state index in [0.717, 1.165) is 25.7 Å². The lowest BCUT2D eigenvalue weighted by atomic mass is 10.1. The zero-order chi connectivity index (χ0) is 20.7. The van der Waals surface area contributed by atoms with Gasteiger partial charge < -0.3 is 29.5 Å². The second-order valence-electron chi connectivity index (χ2n) is 6.57. The van der Waals surface area contributed by atoms with Gasteiger partial charge in [-0.25, -0.2) is 9.36 Å². The molecule has 28 heavy (non-hydrogen) atoms. The SMILES string of the molecule is CCCCCCOC(=O)c1ccc[n+]([C@@H]2O[C@H](COP(=O)(O)O)[C@H](O)[C@@H]2O)c1. The van der Waals surface area contributed by atoms with Crippen LogP contribution in [0.2, 0.25) is 0 Å². The number of aromatic nitrogens is 1. The minimum atomic E-state index is -4.74. The summed E-state index contributed by atoms with van der Waals surface area (Å²) in [7, 11) is -4.74. The monoisotopic (exact) mass is 420 g/mol. The molecule has 11 heteroatoms. The minimum Gasteiger partial charge on any atom is -0.462 e. The van der Waals surface area contributed by atoms with Crippen molar-refractivity contribution in [2.45, 2.75) is 57.1 Å². The molecule has 158 valence electrons. The van der Waals surface area contributed by atoms with E-state index in [4.69, 9.17) is 19.3 Å². The molecule has 0 saturated carbocycles. The average molecular weight is 420 g/mol. The normalized spacial score (nSPS) is 25.0. The van der Waals surface area contributed by atoms with Gasteiger partial charge in [0.2, 0.25) is 0 Å². The Morgan fingerprint density at radius 3 is 2.68 bits per heavy atom. The number of phosphoric ester groups is 1. The Morgan fingerprint density at radius 1 is 1.25 bits per heavy atom. The fourth-order valence-corrected chi connectivity index (χ4v) is 3.17. The number of nitrogens with zero attached hydrogens (tertiary/aromatic N) is 1. The molecule has 1 aliphatic rings. The highest BCUT2D eigenvalue weighted by atomic mass is 31.2. The number of unbranched alkanes of at least 4 members (excludes halogenated alkanes) is 3. The summed E-state index contributed by atoms with van der Waals surface area (Å²) in [6.45, 7) is 1.81. The second kappa shape index (κ2) is 10.4. The first kappa shape index (κ1) is 22.9. The number of aliphatic hydroxyl groups is 2. The fraction of sp³-hybridized carbons (Fsp3) is 0.647. The van der Waals surface area contributed by atoms with E-state index in [0.29, 0.717) is 6.61 Å². The highest BCUT2D eigenvalue weighted by Gasteiger charge is 2.49. The molecule has 1 aliphatic heterocycles. The zero-order valence-electron chi connectivity index (χ0n) is 15.6. The molecule has 1 saturated heterocycles. The molecule has 1 aromatic heterocycles. The summed E-state index contributed by atoms with van der Waals surface area (Å²) in [6, 6.07) is 3.12. The Balaban J connectivity index is 1.98. The van der Waals surface area contributed by atoms with E-state index in [1.165, 1.54) is 17.0 Å². The van der Waals surface area contributed by atoms with E-state index >= 15 is 0 Å². The highest BCUT2D eigenvalue weighted by Crippen LogP contribution is 2.37. The van der Waals surface area contributed by atoms with Crippen LogP contribution in [0.1, 0.15) is 49.2 Å². The number of carbonyl (C=O) groups is 1. The molecule has 0 unspecified atom stereocenters. The number of rotatable bonds is 10. The molecule has 4 atom stereocenters. The third-order valence-corrected chi connectivity index (χ3v) is 4.81. The van der Waals surface area contributed by atoms with Gasteiger partial charge in [0.05, 0.1) is 13.2 Å². The van der Waals surface area contributed by atoms with Crippen LogP contribution in [-0.2, 0) is 18.6 Å². The number of pyridine rings is 1. The van der Waals surface area contributed by atoms with Crippen LogP contribution in [0.15, 0.2) is 24.5 Å². The van der Waals surface area contributed by atoms with Crippen molar-refractivity contribution in [2.75, 3.05) is 13.2 Å². The van der Waals surface area contributed by atoms with Crippen molar-refractivity contribution in [3.05, 3.63) is 30.1 Å². The maximum atomic E-state index is 12.2. The quantitative estimate of drug-likeness (QED) is 0.183. The van der Waals surface area contributed by atoms with Crippen LogP contribution in [0, 0.1) is 0 Å². The van der Waals surface area contributed by atoms with Crippen LogP contribution in [0.4, 0.5) is 0 Å². The number of ether oxygens (including phenoxy) is 2. The molecule has 0 aliphatic carbocycles. The van der Waals surface area contributed by atoms with E-state index in [1.807, 2.05) is 0 Å². The fourth-order valence-electron chi connectivity index (χ4n) is 2.83. The lowest BCUT2D eigenvalue weighted by Crippen LogP contribution is -2.46. The van der Waals surface area contributed by atoms with Crippen LogP contribution in [0.25, 0.3) is 0 Å². The average Bonchev–Trinajstić information content (AvgIpc) is 2.94. The predicted octanol–water partition coefficient (Wildman–Crippen LogP) is 0.440. The van der Waals surface area contributed by atoms with Crippen molar-refractivity contribution >= 4 is 13.8 Å². The standard InChI is InChI=1S/C17H26NO9P/c1-2-3-4-5-9-25-17(21)12-7-6-8-18(10-12)16-15(20)14(19)13(27-16)11-26-28(22,23)24/h6-8,10,13-16,19-20H,2-5,9,11H2,1H3,(H-,22,23,24)/p+1/t13-,14+,15+,16-/m1/s1. The van der Waals surface area contributed by atoms with Gasteiger partial charge in [0, 0.05) is 6.07 Å². The Hall–Kier alpha value is -1.39. The molecule has 0 amide bonds. The molecule has 0 spiro atoms. The van der Waals surface area contributed by atoms with Gasteiger partial charge in [-0.05, 0) is 12.5 Å². The first-order valence-electron chi connectivity index (χ1n) is 9.12. The van der Waals surface area contributed by atoms with Crippen LogP contribution < -0.4 is 4.57 Å². The highest BCUT2D eigenvalue weighted by molar-refractivity contribution is 7.46. The molecule has 2 heterocycles. The summed E-state index contributed by atoms with van der Waals surface area (Å²) in [5.74, 6) is -0.514. The summed E-state index contributed by atoms with van der Waals surface area (Å²) >= 11 is 0. The van der Waals surface area contributed by atoms with Crippen LogP contribution in [-0.4, -0.2) is 57.5 Å². The number of aliphatic hydroxyl groups excluding tert-OH is 2. The van der Waals surface area contributed by atoms with Gasteiger partial charge in [0.1, 0.15) is 17.8 Å². The van der Waals surface area contributed by atoms with Gasteiger partial charge in [-0.2, -0.15) is 4.57 Å². The predicted molar refractivity (Wildman–Crippen MR) is 95.0 cm³/mol. The van der Waals surface area contributed by atoms with Crippen molar-refractivity contribution < 1.29 is 47.9 Å². The summed E-state index contributed by atoms with van der Waals surface area (Å²) in [4.78, 5) is 29.7. The summed E-state index contributed by atoms with van der Waals surface area (Å²) in [6.07, 6.45) is 1.88. The molecular weight excluding hydrogens is 393 g/mol. The largest absolute Gasteiger partial charge is 0.469 e. The Morgan fingerprint density at radius 2 is 2.00 bits per heavy atom. The molecule has 0 radical (unpaired) electrons. The van der Waals surface area contributed by atoms with Gasteiger partial charge in [0.25, 0.3) is 6.23 Å². The molecule has 1 fully saturated rings. The van der Waals surface area contributed by atoms with Gasteiger partial charge in [-0.3, -0.25) is 4.52 Å². The third kappa shape index (κ3) is 6.59. The van der Waals surface area contributed by atoms with E-state index in [2.05, 4.69) is 11.4 Å². The van der Waals surface area contributed by atoms with E-state index in [9.17, 15) is 19.6 Å². The molecule has 4 N–H and O–H groups in total. The van der Waals surface area contributed by atoms with Crippen molar-refractivity contribution in [2.24, 2.45) is 0 Å². The second-order valence-corrected chi connectivity index (χ2v) is 7.81. The Bertz CT molecular complexity index is 695. The van der Waals surface area contributed by atoms with E-state index < -0.39 is 44.9 Å². The number of hydrogen-bond donors (Lipinski definition) is 4. The molecule has 0 aromatic carbocycles. The summed E-state index contributed by atoms with van der Waals surface area (Å²) < 4.78 is 27.2. The third-order valence-electron chi connectivity index (χ3n) is 4.33. The van der Waals surface area contributed by atoms with Crippen LogP contribution in [0.5, 0.6) is 0 Å². The lowest BCUT2D eigenvalue weighted by molar-refractivity contribution is -0.765. The van der Waals surface area contributed by atoms with E-state index in [1.54, 1.807) is 12.1 Å². The first-order chi connectivity index (χ1) is 13.2. The smallest absolute Gasteiger partial charge is 0.462 e. The molecule has 10 nitrogen and oxygen atoms in total. The molecule has 0 bridgehead atoms. The minimum absolute atomic E-state index is 0.248. The molecular formula is C17H27NO9P+. The summed E-state index contributed by atoms with van der Waals surface area (Å²) in [5.41, 5.74) is 0.248. The van der Waals surface area contributed by atoms with Crippen molar-refractivity contribution in [3.8, 4) is 0 Å². The van der Waals surface area contributed by atoms with Crippen LogP contribution in [0.3, 0.4) is 0 Å². The number of esters is 1. The van der Waals surface area contributed by atoms with Gasteiger partial charge in [-0.1, -0.05) is 26.2 Å². The molecule has 2 rings (SSSR count). The van der Waals surface area contributed by atoms with Gasteiger partial charge in [0.15, 0.2) is 18.5 Å². The van der Waals surface area contributed by atoms with Crippen LogP contribution >= 0.6 is 7.82 Å². The van der Waals surface area contributed by atoms with Gasteiger partial charge >= 0.3 is 13.8 Å². The van der Waals surface area contributed by atoms with Crippen molar-refractivity contribution in [3.63, 3.8) is 0 Å². The molecule has 1 aromatic rings. The number of phosphoric acid groups is 1. The number of hydrogen-bond acceptors (Lipinski definition) is 7. The Kier molecular flexibility index (Phi) is 8.51. The Labute approximate surface area is 162 Å². The maximum absolute atomic E-state index is 12.2. The van der Waals surface area contributed by atoms with Gasteiger partial charge in [-0.15, -0.1) is 0 Å². The summed E-state index contributed by atoms with van der Waals surface area (Å²) in [5, 5.41) is 20.2. The van der Waals surface area contributed by atoms with Crippen molar-refractivity contribution in [1.29, 1.82) is 0 Å². The van der Waals surface area contributed by atoms with Crippen molar-refractivity contribution in [1.82, 2.24) is 0 Å². The topological polar surface area (TPSA) is 147 Å². The number of carbonyl (C=O) groups excluding carboxylic acids is 1. The van der Waals surface area contributed by atoms with E-state index in [-0.39, 0.29) is 5.56 Å². The lowest BCUT2D eigenvalue weighted by Gasteiger charge is -2.13. The zero-order valence-corrected chi connectivity index (χ0v) is 16.5. The first-order valence-corrected chi connectivity index (χ1v) is 10.7. The maximum Gasteiger partial charge on any atom is 0.469 e.